The lowest BCUT2D eigenvalue weighted by Gasteiger charge is -2.48. The summed E-state index contributed by atoms with van der Waals surface area (Å²) in [5.41, 5.74) is 1.70. The quantitative estimate of drug-likeness (QED) is 0.375. The van der Waals surface area contributed by atoms with E-state index >= 15 is 0 Å². The van der Waals surface area contributed by atoms with Gasteiger partial charge in [0.1, 0.15) is 0 Å². The van der Waals surface area contributed by atoms with E-state index in [4.69, 9.17) is 0 Å². The van der Waals surface area contributed by atoms with Gasteiger partial charge in [0.25, 0.3) is 11.8 Å². The number of rotatable bonds is 4. The number of alkyl halides is 3. The molecule has 2 aliphatic heterocycles. The summed E-state index contributed by atoms with van der Waals surface area (Å²) in [5.74, 6) is -0.00388. The number of likely N-dealkylation sites (tertiary alicyclic amines) is 1. The Hall–Kier alpha value is -4.11. The standard InChI is InChI=1S/C30H27F3N4O2/c31-30(32,33)24-7-4-8-25(18-24)37-12-11-22-17-23(9-10-27(22)37)29(39)36-19-26(20-36)34-13-15-35(16-14-34)28(38)21-5-2-1-3-6-21/h1-12,17-18,26H,13-16,19-20H2. The van der Waals surface area contributed by atoms with Gasteiger partial charge in [0.2, 0.25) is 0 Å². The molecular weight excluding hydrogens is 505 g/mol. The molecule has 3 heterocycles. The van der Waals surface area contributed by atoms with Crippen LogP contribution in [0.5, 0.6) is 0 Å². The highest BCUT2D eigenvalue weighted by Gasteiger charge is 2.37. The van der Waals surface area contributed by atoms with Crippen molar-refractivity contribution in [3.63, 3.8) is 0 Å². The number of carbonyl (C=O) groups excluding carboxylic acids is 2. The van der Waals surface area contributed by atoms with Crippen molar-refractivity contribution in [2.75, 3.05) is 39.3 Å². The largest absolute Gasteiger partial charge is 0.416 e. The highest BCUT2D eigenvalue weighted by atomic mass is 19.4. The summed E-state index contributed by atoms with van der Waals surface area (Å²) in [5, 5.41) is 0.787. The van der Waals surface area contributed by atoms with Gasteiger partial charge in [-0.15, -0.1) is 0 Å². The van der Waals surface area contributed by atoms with E-state index in [9.17, 15) is 22.8 Å². The molecule has 2 fully saturated rings. The SMILES string of the molecule is O=C(c1ccccc1)N1CCN(C2CN(C(=O)c3ccc4c(ccn4-c4cccc(C(F)(F)F)c4)c3)C2)CC1. The van der Waals surface area contributed by atoms with Gasteiger partial charge in [-0.1, -0.05) is 24.3 Å². The molecule has 0 N–H and O–H groups in total. The Kier molecular flexibility index (Phi) is 6.38. The second-order valence-corrected chi connectivity index (χ2v) is 10.1. The number of fused-ring (bicyclic) bond motifs is 1. The fourth-order valence-electron chi connectivity index (χ4n) is 5.42. The molecule has 9 heteroatoms. The number of aromatic nitrogens is 1. The highest BCUT2D eigenvalue weighted by Crippen LogP contribution is 2.31. The molecule has 6 rings (SSSR count). The molecule has 3 aromatic carbocycles. The van der Waals surface area contributed by atoms with Gasteiger partial charge in [0.15, 0.2) is 0 Å². The lowest BCUT2D eigenvalue weighted by molar-refractivity contribution is -0.137. The third kappa shape index (κ3) is 4.90. The molecular formula is C30H27F3N4O2. The molecule has 6 nitrogen and oxygen atoms in total. The van der Waals surface area contributed by atoms with E-state index in [2.05, 4.69) is 4.90 Å². The van der Waals surface area contributed by atoms with Crippen LogP contribution in [0, 0.1) is 0 Å². The van der Waals surface area contributed by atoms with Gasteiger partial charge < -0.3 is 14.4 Å². The average Bonchev–Trinajstić information content (AvgIpc) is 3.36. The van der Waals surface area contributed by atoms with Crippen molar-refractivity contribution in [2.45, 2.75) is 12.2 Å². The monoisotopic (exact) mass is 532 g/mol. The molecule has 4 aromatic rings. The van der Waals surface area contributed by atoms with Crippen molar-refractivity contribution < 1.29 is 22.8 Å². The number of piperazine rings is 1. The topological polar surface area (TPSA) is 48.8 Å². The van der Waals surface area contributed by atoms with Crippen LogP contribution in [0.4, 0.5) is 13.2 Å². The maximum atomic E-state index is 13.2. The van der Waals surface area contributed by atoms with Gasteiger partial charge >= 0.3 is 6.18 Å². The van der Waals surface area contributed by atoms with Crippen molar-refractivity contribution in [1.29, 1.82) is 0 Å². The van der Waals surface area contributed by atoms with Crippen LogP contribution >= 0.6 is 0 Å². The number of hydrogen-bond donors (Lipinski definition) is 0. The van der Waals surface area contributed by atoms with E-state index in [0.29, 0.717) is 43.0 Å². The van der Waals surface area contributed by atoms with Crippen molar-refractivity contribution in [3.8, 4) is 5.69 Å². The van der Waals surface area contributed by atoms with E-state index in [0.717, 1.165) is 36.1 Å². The van der Waals surface area contributed by atoms with E-state index < -0.39 is 11.7 Å². The summed E-state index contributed by atoms with van der Waals surface area (Å²) in [6.07, 6.45) is -2.70. The third-order valence-corrected chi connectivity index (χ3v) is 7.68. The third-order valence-electron chi connectivity index (χ3n) is 7.68. The molecule has 0 atom stereocenters. The van der Waals surface area contributed by atoms with E-state index in [1.165, 1.54) is 6.07 Å². The van der Waals surface area contributed by atoms with Crippen molar-refractivity contribution in [1.82, 2.24) is 19.3 Å². The number of carbonyl (C=O) groups is 2. The molecule has 200 valence electrons. The Labute approximate surface area is 223 Å². The first kappa shape index (κ1) is 25.2. The smallest absolute Gasteiger partial charge is 0.336 e. The van der Waals surface area contributed by atoms with Crippen LogP contribution in [-0.4, -0.2) is 76.4 Å². The Bertz CT molecular complexity index is 1520. The van der Waals surface area contributed by atoms with E-state index in [1.807, 2.05) is 46.2 Å². The minimum Gasteiger partial charge on any atom is -0.336 e. The highest BCUT2D eigenvalue weighted by molar-refractivity contribution is 5.99. The summed E-state index contributed by atoms with van der Waals surface area (Å²) in [7, 11) is 0. The minimum atomic E-state index is -4.42. The van der Waals surface area contributed by atoms with Crippen LogP contribution in [-0.2, 0) is 6.18 Å². The average molecular weight is 533 g/mol. The molecule has 2 aliphatic rings. The Balaban J connectivity index is 1.07. The Morgan fingerprint density at radius 1 is 0.718 bits per heavy atom. The first-order chi connectivity index (χ1) is 18.8. The van der Waals surface area contributed by atoms with E-state index in [-0.39, 0.29) is 17.9 Å². The second-order valence-electron chi connectivity index (χ2n) is 10.1. The predicted molar refractivity (Wildman–Crippen MR) is 142 cm³/mol. The lowest BCUT2D eigenvalue weighted by Crippen LogP contribution is -2.64. The van der Waals surface area contributed by atoms with Crippen molar-refractivity contribution in [2.24, 2.45) is 0 Å². The molecule has 1 aromatic heterocycles. The first-order valence-corrected chi connectivity index (χ1v) is 12.9. The molecule has 0 radical (unpaired) electrons. The second kappa shape index (κ2) is 9.89. The van der Waals surface area contributed by atoms with Crippen LogP contribution in [0.2, 0.25) is 0 Å². The molecule has 0 bridgehead atoms. The maximum absolute atomic E-state index is 13.2. The van der Waals surface area contributed by atoms with Gasteiger partial charge in [-0.05, 0) is 54.6 Å². The van der Waals surface area contributed by atoms with Gasteiger partial charge in [-0.2, -0.15) is 13.2 Å². The summed E-state index contributed by atoms with van der Waals surface area (Å²) in [6.45, 7) is 4.15. The Morgan fingerprint density at radius 3 is 2.15 bits per heavy atom. The van der Waals surface area contributed by atoms with Crippen molar-refractivity contribution in [3.05, 3.63) is 102 Å². The van der Waals surface area contributed by atoms with Crippen LogP contribution < -0.4 is 0 Å². The summed E-state index contributed by atoms with van der Waals surface area (Å²) in [6, 6.07) is 21.9. The van der Waals surface area contributed by atoms with Crippen LogP contribution in [0.1, 0.15) is 26.3 Å². The fourth-order valence-corrected chi connectivity index (χ4v) is 5.42. The minimum absolute atomic E-state index is 0.0537. The number of nitrogens with zero attached hydrogens (tertiary/aromatic N) is 4. The normalized spacial score (nSPS) is 16.9. The van der Waals surface area contributed by atoms with Gasteiger partial charge in [0.05, 0.1) is 11.1 Å². The van der Waals surface area contributed by atoms with Gasteiger partial charge in [-0.25, -0.2) is 0 Å². The zero-order valence-corrected chi connectivity index (χ0v) is 21.1. The fraction of sp³-hybridized carbons (Fsp3) is 0.267. The number of amides is 2. The molecule has 0 saturated carbocycles. The first-order valence-electron chi connectivity index (χ1n) is 12.9. The van der Waals surface area contributed by atoms with Crippen LogP contribution in [0.25, 0.3) is 16.6 Å². The summed E-state index contributed by atoms with van der Waals surface area (Å²) < 4.78 is 41.2. The van der Waals surface area contributed by atoms with Crippen LogP contribution in [0.3, 0.4) is 0 Å². The zero-order valence-electron chi connectivity index (χ0n) is 21.1. The van der Waals surface area contributed by atoms with Gasteiger partial charge in [0, 0.05) is 73.7 Å². The van der Waals surface area contributed by atoms with Gasteiger partial charge in [-0.3, -0.25) is 14.5 Å². The maximum Gasteiger partial charge on any atom is 0.416 e. The molecule has 2 saturated heterocycles. The molecule has 0 spiro atoms. The lowest BCUT2D eigenvalue weighted by atomic mass is 10.0. The van der Waals surface area contributed by atoms with Crippen LogP contribution in [0.15, 0.2) is 85.1 Å². The van der Waals surface area contributed by atoms with Crippen molar-refractivity contribution >= 4 is 22.7 Å². The number of hydrogen-bond acceptors (Lipinski definition) is 3. The molecule has 39 heavy (non-hydrogen) atoms. The predicted octanol–water partition coefficient (Wildman–Crippen LogP) is 4.93. The number of benzene rings is 3. The molecule has 0 aliphatic carbocycles. The van der Waals surface area contributed by atoms with E-state index in [1.54, 1.807) is 35.0 Å². The zero-order chi connectivity index (χ0) is 27.1. The molecule has 0 unspecified atom stereocenters. The number of halogens is 3. The summed E-state index contributed by atoms with van der Waals surface area (Å²) in [4.78, 5) is 31.9. The summed E-state index contributed by atoms with van der Waals surface area (Å²) >= 11 is 0. The Morgan fingerprint density at radius 2 is 1.44 bits per heavy atom. The molecule has 2 amide bonds.